The molecule has 1 aromatic carbocycles. The molecule has 6 heteroatoms. The molecule has 2 N–H and O–H groups in total. The first kappa shape index (κ1) is 17.9. The van der Waals surface area contributed by atoms with Gasteiger partial charge in [0, 0.05) is 25.5 Å². The number of rotatable bonds is 7. The van der Waals surface area contributed by atoms with E-state index in [1.807, 2.05) is 19.1 Å². The normalized spacial score (nSPS) is 10.7. The molecule has 0 bridgehead atoms. The minimum absolute atomic E-state index is 0.244. The highest BCUT2D eigenvalue weighted by molar-refractivity contribution is 5.92. The number of amides is 1. The van der Waals surface area contributed by atoms with E-state index < -0.39 is 0 Å². The van der Waals surface area contributed by atoms with Gasteiger partial charge in [0.25, 0.3) is 5.91 Å². The van der Waals surface area contributed by atoms with Crippen LogP contribution in [0.25, 0.3) is 0 Å². The van der Waals surface area contributed by atoms with Crippen LogP contribution in [0.5, 0.6) is 0 Å². The first-order valence-electron chi connectivity index (χ1n) is 7.99. The highest BCUT2D eigenvalue weighted by Gasteiger charge is 2.12. The monoisotopic (exact) mass is 328 g/mol. The lowest BCUT2D eigenvalue weighted by molar-refractivity contribution is 0.0932. The van der Waals surface area contributed by atoms with E-state index >= 15 is 0 Å². The van der Waals surface area contributed by atoms with Gasteiger partial charge in [-0.25, -0.2) is 9.97 Å². The zero-order valence-corrected chi connectivity index (χ0v) is 14.6. The molecule has 0 aliphatic heterocycles. The zero-order chi connectivity index (χ0) is 17.5. The van der Waals surface area contributed by atoms with E-state index in [2.05, 4.69) is 40.5 Å². The number of hydrogen-bond acceptors (Lipinski definition) is 5. The fourth-order valence-corrected chi connectivity index (χ4v) is 2.36. The minimum Gasteiger partial charge on any atom is -0.383 e. The van der Waals surface area contributed by atoms with E-state index in [1.165, 1.54) is 5.56 Å². The van der Waals surface area contributed by atoms with Crippen LogP contribution in [-0.2, 0) is 4.74 Å². The van der Waals surface area contributed by atoms with Crippen molar-refractivity contribution in [2.24, 2.45) is 0 Å². The summed E-state index contributed by atoms with van der Waals surface area (Å²) in [6, 6.07) is 7.75. The fourth-order valence-electron chi connectivity index (χ4n) is 2.36. The van der Waals surface area contributed by atoms with Crippen LogP contribution in [0, 0.1) is 6.92 Å². The predicted molar refractivity (Wildman–Crippen MR) is 94.8 cm³/mol. The van der Waals surface area contributed by atoms with Gasteiger partial charge in [-0.2, -0.15) is 0 Å². The van der Waals surface area contributed by atoms with Gasteiger partial charge in [-0.05, 0) is 30.0 Å². The Morgan fingerprint density at radius 1 is 1.29 bits per heavy atom. The van der Waals surface area contributed by atoms with Crippen molar-refractivity contribution in [3.63, 3.8) is 0 Å². The molecule has 2 aromatic rings. The summed E-state index contributed by atoms with van der Waals surface area (Å²) in [7, 11) is 1.59. The van der Waals surface area contributed by atoms with Crippen LogP contribution < -0.4 is 10.6 Å². The van der Waals surface area contributed by atoms with Gasteiger partial charge >= 0.3 is 0 Å². The van der Waals surface area contributed by atoms with Crippen molar-refractivity contribution in [2.45, 2.75) is 26.7 Å². The lowest BCUT2D eigenvalue weighted by atomic mass is 9.98. The van der Waals surface area contributed by atoms with Gasteiger partial charge in [0.2, 0.25) is 5.95 Å². The van der Waals surface area contributed by atoms with Gasteiger partial charge < -0.3 is 15.4 Å². The van der Waals surface area contributed by atoms with Gasteiger partial charge in [-0.1, -0.05) is 32.0 Å². The Hall–Kier alpha value is -2.47. The Bertz CT molecular complexity index is 701. The molecular weight excluding hydrogens is 304 g/mol. The van der Waals surface area contributed by atoms with Crippen molar-refractivity contribution in [3.05, 3.63) is 47.3 Å². The number of carbonyl (C=O) groups excluding carboxylic acids is 1. The third-order valence-electron chi connectivity index (χ3n) is 3.64. The average Bonchev–Trinajstić information content (AvgIpc) is 2.57. The van der Waals surface area contributed by atoms with Gasteiger partial charge in [0.15, 0.2) is 0 Å². The van der Waals surface area contributed by atoms with E-state index in [1.54, 1.807) is 19.4 Å². The van der Waals surface area contributed by atoms with Crippen LogP contribution in [0.3, 0.4) is 0 Å². The molecule has 1 amide bonds. The topological polar surface area (TPSA) is 76.1 Å². The lowest BCUT2D eigenvalue weighted by Crippen LogP contribution is -2.27. The third kappa shape index (κ3) is 4.52. The molecule has 1 heterocycles. The number of para-hydroxylation sites is 1. The first-order chi connectivity index (χ1) is 11.5. The number of aromatic nitrogens is 2. The summed E-state index contributed by atoms with van der Waals surface area (Å²) < 4.78 is 4.92. The smallest absolute Gasteiger partial charge is 0.270 e. The van der Waals surface area contributed by atoms with Gasteiger partial charge in [-0.3, -0.25) is 4.79 Å². The van der Waals surface area contributed by atoms with Crippen molar-refractivity contribution >= 4 is 17.5 Å². The zero-order valence-electron chi connectivity index (χ0n) is 14.6. The predicted octanol–water partition coefficient (Wildman–Crippen LogP) is 3.03. The molecule has 24 heavy (non-hydrogen) atoms. The second-order valence-corrected chi connectivity index (χ2v) is 5.83. The van der Waals surface area contributed by atoms with E-state index in [9.17, 15) is 4.79 Å². The second kappa shape index (κ2) is 8.40. The summed E-state index contributed by atoms with van der Waals surface area (Å²) in [5.41, 5.74) is 3.61. The number of ether oxygens (including phenoxy) is 1. The Labute approximate surface area is 142 Å². The number of carbonyl (C=O) groups is 1. The van der Waals surface area contributed by atoms with Crippen molar-refractivity contribution in [2.75, 3.05) is 25.6 Å². The van der Waals surface area contributed by atoms with Crippen LogP contribution in [0.4, 0.5) is 11.6 Å². The molecule has 1 aromatic heterocycles. The van der Waals surface area contributed by atoms with Gasteiger partial charge in [0.05, 0.1) is 6.61 Å². The van der Waals surface area contributed by atoms with Crippen molar-refractivity contribution in [1.29, 1.82) is 0 Å². The Morgan fingerprint density at radius 2 is 2.08 bits per heavy atom. The SMILES string of the molecule is COCCNC(=O)c1ccnc(Nc2c(C)cccc2C(C)C)n1. The average molecular weight is 328 g/mol. The molecule has 6 nitrogen and oxygen atoms in total. The number of nitrogens with one attached hydrogen (secondary N) is 2. The summed E-state index contributed by atoms with van der Waals surface area (Å²) in [4.78, 5) is 20.6. The van der Waals surface area contributed by atoms with Crippen molar-refractivity contribution in [3.8, 4) is 0 Å². The number of hydrogen-bond donors (Lipinski definition) is 2. The highest BCUT2D eigenvalue weighted by atomic mass is 16.5. The third-order valence-corrected chi connectivity index (χ3v) is 3.64. The van der Waals surface area contributed by atoms with Crippen LogP contribution >= 0.6 is 0 Å². The lowest BCUT2D eigenvalue weighted by Gasteiger charge is -2.16. The number of methoxy groups -OCH3 is 1. The largest absolute Gasteiger partial charge is 0.383 e. The maximum absolute atomic E-state index is 12.1. The van der Waals surface area contributed by atoms with Gasteiger partial charge in [-0.15, -0.1) is 0 Å². The van der Waals surface area contributed by atoms with E-state index in [0.717, 1.165) is 11.3 Å². The van der Waals surface area contributed by atoms with E-state index in [4.69, 9.17) is 4.74 Å². The maximum Gasteiger partial charge on any atom is 0.270 e. The van der Waals surface area contributed by atoms with Crippen LogP contribution in [-0.4, -0.2) is 36.1 Å². The van der Waals surface area contributed by atoms with E-state index in [0.29, 0.717) is 30.7 Å². The molecule has 128 valence electrons. The Balaban J connectivity index is 2.20. The highest BCUT2D eigenvalue weighted by Crippen LogP contribution is 2.29. The summed E-state index contributed by atoms with van der Waals surface area (Å²) in [5, 5.41) is 6.01. The Kier molecular flexibility index (Phi) is 6.26. The molecule has 0 aliphatic rings. The summed E-state index contributed by atoms with van der Waals surface area (Å²) in [6.07, 6.45) is 1.58. The molecular formula is C18H24N4O2. The fraction of sp³-hybridized carbons (Fsp3) is 0.389. The quantitative estimate of drug-likeness (QED) is 0.764. The molecule has 0 aliphatic carbocycles. The van der Waals surface area contributed by atoms with Crippen LogP contribution in [0.1, 0.15) is 41.4 Å². The molecule has 0 atom stereocenters. The molecule has 0 fully saturated rings. The number of aryl methyl sites for hydroxylation is 1. The van der Waals surface area contributed by atoms with Crippen LogP contribution in [0.15, 0.2) is 30.5 Å². The summed E-state index contributed by atoms with van der Waals surface area (Å²) >= 11 is 0. The minimum atomic E-state index is -0.244. The van der Waals surface area contributed by atoms with Crippen LogP contribution in [0.2, 0.25) is 0 Å². The molecule has 0 saturated carbocycles. The number of nitrogens with zero attached hydrogens (tertiary/aromatic N) is 2. The second-order valence-electron chi connectivity index (χ2n) is 5.83. The Morgan fingerprint density at radius 3 is 2.79 bits per heavy atom. The standard InChI is InChI=1S/C18H24N4O2/c1-12(2)14-7-5-6-13(3)16(14)22-18-20-9-8-15(21-18)17(23)19-10-11-24-4/h5-9,12H,10-11H2,1-4H3,(H,19,23)(H,20,21,22). The maximum atomic E-state index is 12.1. The first-order valence-corrected chi connectivity index (χ1v) is 7.99. The number of anilines is 2. The molecule has 0 radical (unpaired) electrons. The summed E-state index contributed by atoms with van der Waals surface area (Å²) in [6.45, 7) is 7.22. The molecule has 0 saturated heterocycles. The number of benzene rings is 1. The van der Waals surface area contributed by atoms with Crippen molar-refractivity contribution in [1.82, 2.24) is 15.3 Å². The molecule has 0 spiro atoms. The van der Waals surface area contributed by atoms with E-state index in [-0.39, 0.29) is 5.91 Å². The molecule has 0 unspecified atom stereocenters. The van der Waals surface area contributed by atoms with Gasteiger partial charge in [0.1, 0.15) is 5.69 Å². The molecule has 2 rings (SSSR count). The van der Waals surface area contributed by atoms with Crippen molar-refractivity contribution < 1.29 is 9.53 Å². The summed E-state index contributed by atoms with van der Waals surface area (Å²) in [5.74, 6) is 0.532.